The Balaban J connectivity index is 1.87. The lowest BCUT2D eigenvalue weighted by atomic mass is 10.2. The molecule has 0 bridgehead atoms. The van der Waals surface area contributed by atoms with E-state index in [1.165, 1.54) is 31.1 Å². The van der Waals surface area contributed by atoms with Crippen molar-refractivity contribution in [2.24, 2.45) is 0 Å². The first-order chi connectivity index (χ1) is 13.3. The summed E-state index contributed by atoms with van der Waals surface area (Å²) >= 11 is 0. The van der Waals surface area contributed by atoms with E-state index in [1.54, 1.807) is 17.0 Å². The summed E-state index contributed by atoms with van der Waals surface area (Å²) < 4.78 is 25.4. The molecule has 0 aliphatic carbocycles. The van der Waals surface area contributed by atoms with Crippen LogP contribution in [0.15, 0.2) is 29.2 Å². The van der Waals surface area contributed by atoms with Crippen molar-refractivity contribution >= 4 is 21.8 Å². The Morgan fingerprint density at radius 1 is 1.14 bits per heavy atom. The molecule has 0 spiro atoms. The highest BCUT2D eigenvalue weighted by Crippen LogP contribution is 2.15. The third-order valence-corrected chi connectivity index (χ3v) is 6.73. The first-order valence-electron chi connectivity index (χ1n) is 9.68. The molecule has 1 aliphatic rings. The van der Waals surface area contributed by atoms with Gasteiger partial charge in [-0.1, -0.05) is 13.3 Å². The highest BCUT2D eigenvalue weighted by molar-refractivity contribution is 7.89. The molecular weight excluding hydrogens is 380 g/mol. The fourth-order valence-electron chi connectivity index (χ4n) is 3.06. The zero-order chi connectivity index (χ0) is 20.7. The minimum Gasteiger partial charge on any atom is -0.351 e. The van der Waals surface area contributed by atoms with Gasteiger partial charge in [0.25, 0.3) is 11.8 Å². The van der Waals surface area contributed by atoms with Crippen molar-refractivity contribution in [1.82, 2.24) is 14.5 Å². The summed E-state index contributed by atoms with van der Waals surface area (Å²) in [5.41, 5.74) is 0.471. The Morgan fingerprint density at radius 2 is 1.75 bits per heavy atom. The Labute approximate surface area is 167 Å². The number of hydrogen-bond donors (Lipinski definition) is 2. The van der Waals surface area contributed by atoms with E-state index >= 15 is 0 Å². The molecule has 1 aromatic carbocycles. The molecule has 1 aromatic rings. The number of carbonyl (C=O) groups excluding carboxylic acids is 2. The van der Waals surface area contributed by atoms with Crippen molar-refractivity contribution in [2.45, 2.75) is 24.7 Å². The Kier molecular flexibility index (Phi) is 7.97. The Bertz CT molecular complexity index is 770. The number of piperazine rings is 1. The van der Waals surface area contributed by atoms with Crippen molar-refractivity contribution in [1.29, 1.82) is 0 Å². The van der Waals surface area contributed by atoms with E-state index in [0.717, 1.165) is 30.2 Å². The van der Waals surface area contributed by atoms with Gasteiger partial charge >= 0.3 is 0 Å². The van der Waals surface area contributed by atoms with Gasteiger partial charge in [0.15, 0.2) is 6.54 Å². The van der Waals surface area contributed by atoms with Crippen LogP contribution in [0.3, 0.4) is 0 Å². The molecule has 1 aliphatic heterocycles. The molecule has 0 saturated carbocycles. The smallest absolute Gasteiger partial charge is 0.275 e. The van der Waals surface area contributed by atoms with Crippen LogP contribution in [-0.2, 0) is 14.8 Å². The molecule has 2 N–H and O–H groups in total. The zero-order valence-corrected chi connectivity index (χ0v) is 17.7. The number of nitrogens with one attached hydrogen (secondary N) is 2. The third-order valence-electron chi connectivity index (χ3n) is 4.90. The number of carbonyl (C=O) groups is 2. The topological polar surface area (TPSA) is 91.2 Å². The number of benzene rings is 1. The fourth-order valence-corrected chi connectivity index (χ4v) is 3.96. The van der Waals surface area contributed by atoms with E-state index in [4.69, 9.17) is 0 Å². The highest BCUT2D eigenvalue weighted by Gasteiger charge is 2.26. The van der Waals surface area contributed by atoms with Crippen LogP contribution in [0.2, 0.25) is 0 Å². The number of amides is 2. The van der Waals surface area contributed by atoms with Crippen LogP contribution >= 0.6 is 0 Å². The Morgan fingerprint density at radius 3 is 2.29 bits per heavy atom. The predicted molar refractivity (Wildman–Crippen MR) is 107 cm³/mol. The quantitative estimate of drug-likeness (QED) is 0.548. The molecule has 8 nitrogen and oxygen atoms in total. The number of nitrogens with zero attached hydrogens (tertiary/aromatic N) is 2. The lowest BCUT2D eigenvalue weighted by Crippen LogP contribution is -3.15. The van der Waals surface area contributed by atoms with Gasteiger partial charge in [0.2, 0.25) is 10.0 Å². The van der Waals surface area contributed by atoms with Gasteiger partial charge in [-0.15, -0.1) is 0 Å². The van der Waals surface area contributed by atoms with Crippen molar-refractivity contribution in [3.05, 3.63) is 29.8 Å². The molecule has 1 heterocycles. The van der Waals surface area contributed by atoms with Gasteiger partial charge in [-0.25, -0.2) is 12.7 Å². The average molecular weight is 412 g/mol. The van der Waals surface area contributed by atoms with Crippen molar-refractivity contribution in [3.8, 4) is 0 Å². The summed E-state index contributed by atoms with van der Waals surface area (Å²) in [5.74, 6) is -0.0545. The molecular formula is C19H31N4O4S+. The molecule has 0 aromatic heterocycles. The minimum atomic E-state index is -3.50. The van der Waals surface area contributed by atoms with E-state index in [2.05, 4.69) is 12.2 Å². The van der Waals surface area contributed by atoms with E-state index in [0.29, 0.717) is 31.7 Å². The second-order valence-corrected chi connectivity index (χ2v) is 9.39. The largest absolute Gasteiger partial charge is 0.351 e. The maximum absolute atomic E-state index is 12.7. The third kappa shape index (κ3) is 5.76. The lowest BCUT2D eigenvalue weighted by Gasteiger charge is -2.32. The summed E-state index contributed by atoms with van der Waals surface area (Å²) in [7, 11) is -0.559. The van der Waals surface area contributed by atoms with Crippen LogP contribution in [0.1, 0.15) is 30.1 Å². The molecule has 0 unspecified atom stereocenters. The highest BCUT2D eigenvalue weighted by atomic mass is 32.2. The SMILES string of the molecule is CCCCNC(=O)C[NH+]1CCN(C(=O)c2ccc(S(=O)(=O)N(C)C)cc2)CC1. The molecule has 28 heavy (non-hydrogen) atoms. The van der Waals surface area contributed by atoms with Gasteiger partial charge < -0.3 is 15.1 Å². The zero-order valence-electron chi connectivity index (χ0n) is 16.9. The summed E-state index contributed by atoms with van der Waals surface area (Å²) in [6.07, 6.45) is 2.04. The number of unbranched alkanes of at least 4 members (excludes halogenated alkanes) is 1. The second-order valence-electron chi connectivity index (χ2n) is 7.23. The molecule has 1 fully saturated rings. The molecule has 156 valence electrons. The predicted octanol–water partition coefficient (Wildman–Crippen LogP) is -0.806. The van der Waals surface area contributed by atoms with Gasteiger partial charge in [-0.3, -0.25) is 9.59 Å². The summed E-state index contributed by atoms with van der Waals surface area (Å²) in [5, 5.41) is 2.92. The molecule has 0 radical (unpaired) electrons. The Hall–Kier alpha value is -1.97. The molecule has 0 atom stereocenters. The van der Waals surface area contributed by atoms with Crippen molar-refractivity contribution in [2.75, 3.05) is 53.4 Å². The first kappa shape index (κ1) is 22.3. The van der Waals surface area contributed by atoms with Crippen LogP contribution < -0.4 is 10.2 Å². The van der Waals surface area contributed by atoms with Gasteiger partial charge in [0, 0.05) is 26.2 Å². The summed E-state index contributed by atoms with van der Waals surface area (Å²) in [6, 6.07) is 6.04. The van der Waals surface area contributed by atoms with Gasteiger partial charge in [0.05, 0.1) is 31.1 Å². The molecule has 2 amide bonds. The summed E-state index contributed by atoms with van der Waals surface area (Å²) in [6.45, 7) is 5.83. The fraction of sp³-hybridized carbons (Fsp3) is 0.579. The maximum atomic E-state index is 12.7. The number of rotatable bonds is 8. The van der Waals surface area contributed by atoms with Crippen LogP contribution in [0.25, 0.3) is 0 Å². The first-order valence-corrected chi connectivity index (χ1v) is 11.1. The monoisotopic (exact) mass is 411 g/mol. The van der Waals surface area contributed by atoms with Crippen molar-refractivity contribution < 1.29 is 22.9 Å². The standard InChI is InChI=1S/C19H30N4O4S/c1-4-5-10-20-18(24)15-22-11-13-23(14-12-22)19(25)16-6-8-17(9-7-16)28(26,27)21(2)3/h6-9H,4-5,10-15H2,1-3H3,(H,20,24)/p+1. The van der Waals surface area contributed by atoms with Gasteiger partial charge in [0.1, 0.15) is 0 Å². The number of hydrogen-bond acceptors (Lipinski definition) is 4. The minimum absolute atomic E-state index is 0.0564. The van der Waals surface area contributed by atoms with E-state index in [1.807, 2.05) is 0 Å². The number of quaternary nitrogens is 1. The molecule has 9 heteroatoms. The average Bonchev–Trinajstić information content (AvgIpc) is 2.68. The summed E-state index contributed by atoms with van der Waals surface area (Å²) in [4.78, 5) is 27.7. The molecule has 2 rings (SSSR count). The second kappa shape index (κ2) is 9.99. The van der Waals surface area contributed by atoms with E-state index in [9.17, 15) is 18.0 Å². The number of sulfonamides is 1. The van der Waals surface area contributed by atoms with Crippen molar-refractivity contribution in [3.63, 3.8) is 0 Å². The van der Waals surface area contributed by atoms with Crippen LogP contribution in [-0.4, -0.2) is 82.8 Å². The van der Waals surface area contributed by atoms with Gasteiger partial charge in [-0.2, -0.15) is 0 Å². The van der Waals surface area contributed by atoms with E-state index in [-0.39, 0.29) is 16.7 Å². The van der Waals surface area contributed by atoms with E-state index < -0.39 is 10.0 Å². The molecule has 1 saturated heterocycles. The normalized spacial score (nSPS) is 15.6. The lowest BCUT2D eigenvalue weighted by molar-refractivity contribution is -0.896. The van der Waals surface area contributed by atoms with Crippen LogP contribution in [0.4, 0.5) is 0 Å². The maximum Gasteiger partial charge on any atom is 0.275 e. The van der Waals surface area contributed by atoms with Crippen LogP contribution in [0.5, 0.6) is 0 Å². The van der Waals surface area contributed by atoms with Gasteiger partial charge in [-0.05, 0) is 30.7 Å². The van der Waals surface area contributed by atoms with Crippen LogP contribution in [0, 0.1) is 0 Å².